The molecule has 9 fully saturated rings. The maximum absolute atomic E-state index is 1.69. The summed E-state index contributed by atoms with van der Waals surface area (Å²) in [5.41, 5.74) is 0. The molecule has 9 aliphatic carbocycles. The Hall–Kier alpha value is 0. The second-order valence-corrected chi connectivity index (χ2v) is 19.6. The molecule has 0 saturated heterocycles. The van der Waals surface area contributed by atoms with Crippen LogP contribution in [-0.2, 0) is 0 Å². The third kappa shape index (κ3) is 5.43. The van der Waals surface area contributed by atoms with Gasteiger partial charge in [0.15, 0.2) is 0 Å². The molecule has 9 saturated carbocycles. The van der Waals surface area contributed by atoms with Crippen molar-refractivity contribution in [1.29, 1.82) is 0 Å². The Morgan fingerprint density at radius 1 is 0.250 bits per heavy atom. The van der Waals surface area contributed by atoms with Crippen molar-refractivity contribution in [2.24, 2.45) is 94.7 Å². The summed E-state index contributed by atoms with van der Waals surface area (Å²) in [4.78, 5) is 0. The molecule has 15 unspecified atom stereocenters. The van der Waals surface area contributed by atoms with Crippen LogP contribution in [0.15, 0.2) is 0 Å². The molecule has 0 radical (unpaired) electrons. The largest absolute Gasteiger partial charge is 0.0533 e. The van der Waals surface area contributed by atoms with E-state index in [1.54, 1.807) is 173 Å². The second kappa shape index (κ2) is 13.1. The van der Waals surface area contributed by atoms with Gasteiger partial charge >= 0.3 is 0 Å². The molecular formula is C44H72. The minimum Gasteiger partial charge on any atom is -0.0533 e. The summed E-state index contributed by atoms with van der Waals surface area (Å²) < 4.78 is 0. The van der Waals surface area contributed by atoms with E-state index in [-0.39, 0.29) is 0 Å². The molecule has 0 amide bonds. The van der Waals surface area contributed by atoms with Crippen molar-refractivity contribution in [3.05, 3.63) is 0 Å². The van der Waals surface area contributed by atoms with E-state index in [1.165, 1.54) is 18.3 Å². The topological polar surface area (TPSA) is 0 Å². The van der Waals surface area contributed by atoms with Crippen LogP contribution in [-0.4, -0.2) is 0 Å². The summed E-state index contributed by atoms with van der Waals surface area (Å²) in [6.45, 7) is 0. The molecule has 0 aromatic heterocycles. The predicted molar refractivity (Wildman–Crippen MR) is 185 cm³/mol. The molecule has 0 bridgehead atoms. The molecule has 9 rings (SSSR count). The van der Waals surface area contributed by atoms with E-state index in [1.807, 2.05) is 0 Å². The van der Waals surface area contributed by atoms with E-state index < -0.39 is 0 Å². The van der Waals surface area contributed by atoms with Gasteiger partial charge < -0.3 is 0 Å². The number of fused-ring (bicyclic) bond motifs is 3. The minimum absolute atomic E-state index is 1.11. The Morgan fingerprint density at radius 3 is 1.50 bits per heavy atom. The van der Waals surface area contributed by atoms with Gasteiger partial charge in [0.1, 0.15) is 0 Å². The minimum atomic E-state index is 1.11. The summed E-state index contributed by atoms with van der Waals surface area (Å²) in [6.07, 6.45) is 45.1. The average Bonchev–Trinajstić information content (AvgIpc) is 3.10. The van der Waals surface area contributed by atoms with Crippen molar-refractivity contribution >= 4 is 0 Å². The molecule has 0 spiro atoms. The van der Waals surface area contributed by atoms with Gasteiger partial charge in [0.05, 0.1) is 0 Å². The number of hydrogen-bond donors (Lipinski definition) is 0. The fourth-order valence-corrected chi connectivity index (χ4v) is 16.9. The first-order valence-corrected chi connectivity index (χ1v) is 21.8. The Balaban J connectivity index is 0.913. The Labute approximate surface area is 273 Å². The molecule has 0 heterocycles. The lowest BCUT2D eigenvalue weighted by Crippen LogP contribution is -2.56. The quantitative estimate of drug-likeness (QED) is 0.294. The van der Waals surface area contributed by atoms with E-state index in [0.717, 1.165) is 82.9 Å². The van der Waals surface area contributed by atoms with Crippen LogP contribution in [0.2, 0.25) is 0 Å². The molecule has 0 heteroatoms. The molecule has 0 N–H and O–H groups in total. The van der Waals surface area contributed by atoms with Crippen molar-refractivity contribution in [2.45, 2.75) is 180 Å². The summed E-state index contributed by atoms with van der Waals surface area (Å²) in [5, 5.41) is 0. The van der Waals surface area contributed by atoms with Crippen molar-refractivity contribution in [3.63, 3.8) is 0 Å². The van der Waals surface area contributed by atoms with Crippen LogP contribution in [0.3, 0.4) is 0 Å². The van der Waals surface area contributed by atoms with Gasteiger partial charge in [-0.1, -0.05) is 83.5 Å². The highest BCUT2D eigenvalue weighted by Crippen LogP contribution is 2.66. The monoisotopic (exact) mass is 601 g/mol. The van der Waals surface area contributed by atoms with Crippen LogP contribution in [0.5, 0.6) is 0 Å². The van der Waals surface area contributed by atoms with Crippen LogP contribution < -0.4 is 0 Å². The highest BCUT2D eigenvalue weighted by atomic mass is 14.6. The Kier molecular flexibility index (Phi) is 8.98. The average molecular weight is 601 g/mol. The zero-order valence-electron chi connectivity index (χ0n) is 29.0. The maximum Gasteiger partial charge on any atom is -0.0321 e. The van der Waals surface area contributed by atoms with E-state index in [2.05, 4.69) is 0 Å². The van der Waals surface area contributed by atoms with E-state index in [9.17, 15) is 0 Å². The SMILES string of the molecule is C1CCC(C2CCCCC2CCC2CCC3CCC4C(C5CC6CCCCC6C6CCCCC65)CCC5CCC2C3C54)CC1. The first-order chi connectivity index (χ1) is 21.8. The van der Waals surface area contributed by atoms with E-state index in [4.69, 9.17) is 0 Å². The van der Waals surface area contributed by atoms with E-state index in [0.29, 0.717) is 0 Å². The Bertz CT molecular complexity index is 944. The van der Waals surface area contributed by atoms with Gasteiger partial charge in [0.2, 0.25) is 0 Å². The van der Waals surface area contributed by atoms with Crippen LogP contribution in [0.4, 0.5) is 0 Å². The van der Waals surface area contributed by atoms with Gasteiger partial charge in [-0.15, -0.1) is 0 Å². The predicted octanol–water partition coefficient (Wildman–Crippen LogP) is 12.9. The second-order valence-electron chi connectivity index (χ2n) is 19.6. The first-order valence-electron chi connectivity index (χ1n) is 21.8. The maximum atomic E-state index is 1.69. The summed E-state index contributed by atoms with van der Waals surface area (Å²) in [6, 6.07) is 0. The standard InChI is InChI=1S/C44H72/c1-2-10-29(11-3-1)35-14-6-4-12-30(35)18-19-31-20-21-32-24-27-41-40(26-23-33-22-25-37(31)43(32)44(33)41)42-28-34-13-5-7-15-36(34)38-16-8-9-17-39(38)42/h29-44H,1-28H2. The van der Waals surface area contributed by atoms with Gasteiger partial charge in [0.25, 0.3) is 0 Å². The summed E-state index contributed by atoms with van der Waals surface area (Å²) in [5.74, 6) is 18.2. The molecule has 0 aromatic carbocycles. The zero-order valence-corrected chi connectivity index (χ0v) is 29.0. The zero-order chi connectivity index (χ0) is 29.0. The van der Waals surface area contributed by atoms with Crippen molar-refractivity contribution < 1.29 is 0 Å². The van der Waals surface area contributed by atoms with Gasteiger partial charge in [-0.3, -0.25) is 0 Å². The molecule has 9 aliphatic rings. The molecule has 0 nitrogen and oxygen atoms in total. The highest BCUT2D eigenvalue weighted by molar-refractivity contribution is 5.07. The fourth-order valence-electron chi connectivity index (χ4n) is 16.9. The number of hydrogen-bond acceptors (Lipinski definition) is 0. The smallest absolute Gasteiger partial charge is 0.0321 e. The summed E-state index contributed by atoms with van der Waals surface area (Å²) in [7, 11) is 0. The molecule has 248 valence electrons. The van der Waals surface area contributed by atoms with Gasteiger partial charge in [-0.05, 0) is 191 Å². The summed E-state index contributed by atoms with van der Waals surface area (Å²) >= 11 is 0. The van der Waals surface area contributed by atoms with E-state index >= 15 is 0 Å². The number of rotatable bonds is 5. The molecule has 0 aliphatic heterocycles. The lowest BCUT2D eigenvalue weighted by atomic mass is 9.42. The highest BCUT2D eigenvalue weighted by Gasteiger charge is 2.58. The van der Waals surface area contributed by atoms with Crippen molar-refractivity contribution in [2.75, 3.05) is 0 Å². The van der Waals surface area contributed by atoms with Gasteiger partial charge in [-0.2, -0.15) is 0 Å². The van der Waals surface area contributed by atoms with Crippen LogP contribution >= 0.6 is 0 Å². The lowest BCUT2D eigenvalue weighted by molar-refractivity contribution is -0.142. The molecule has 0 aromatic rings. The first kappa shape index (κ1) is 30.1. The fraction of sp³-hybridized carbons (Fsp3) is 1.00. The Morgan fingerprint density at radius 2 is 0.727 bits per heavy atom. The molecule has 15 atom stereocenters. The van der Waals surface area contributed by atoms with Crippen LogP contribution in [0.25, 0.3) is 0 Å². The van der Waals surface area contributed by atoms with Gasteiger partial charge in [-0.25, -0.2) is 0 Å². The van der Waals surface area contributed by atoms with Crippen LogP contribution in [0.1, 0.15) is 180 Å². The van der Waals surface area contributed by atoms with Crippen LogP contribution in [0, 0.1) is 94.7 Å². The van der Waals surface area contributed by atoms with Crippen molar-refractivity contribution in [1.82, 2.24) is 0 Å². The normalized spacial score (nSPS) is 52.8. The third-order valence-electron chi connectivity index (χ3n) is 18.4. The third-order valence-corrected chi connectivity index (χ3v) is 18.4. The van der Waals surface area contributed by atoms with Crippen molar-refractivity contribution in [3.8, 4) is 0 Å². The van der Waals surface area contributed by atoms with Gasteiger partial charge in [0, 0.05) is 0 Å². The molecular weight excluding hydrogens is 528 g/mol. The molecule has 44 heavy (non-hydrogen) atoms. The lowest BCUT2D eigenvalue weighted by Gasteiger charge is -2.63.